The lowest BCUT2D eigenvalue weighted by molar-refractivity contribution is 0.208. The molecule has 0 saturated heterocycles. The number of hydrogen-bond donors (Lipinski definition) is 2. The summed E-state index contributed by atoms with van der Waals surface area (Å²) < 4.78 is 2.29. The number of rotatable bonds is 11. The van der Waals surface area contributed by atoms with Gasteiger partial charge in [-0.25, -0.2) is 4.98 Å². The number of aryl methyl sites for hydroxylation is 1. The average Bonchev–Trinajstić information content (AvgIpc) is 3.82. The number of para-hydroxylation sites is 1. The molecule has 7 heteroatoms. The second-order valence-corrected chi connectivity index (χ2v) is 11.7. The van der Waals surface area contributed by atoms with Gasteiger partial charge in [-0.2, -0.15) is 5.10 Å². The molecule has 0 bridgehead atoms. The average molecular weight is 597 g/mol. The van der Waals surface area contributed by atoms with Crippen LogP contribution in [0, 0.1) is 0 Å². The maximum absolute atomic E-state index is 4.92. The van der Waals surface area contributed by atoms with Gasteiger partial charge in [-0.1, -0.05) is 109 Å². The minimum absolute atomic E-state index is 0.0698. The van der Waals surface area contributed by atoms with Crippen LogP contribution >= 0.6 is 12.6 Å². The smallest absolute Gasteiger partial charge is 0.164 e. The van der Waals surface area contributed by atoms with Crippen LogP contribution in [0.4, 0.5) is 0 Å². The molecular formula is C37H36N6S. The summed E-state index contributed by atoms with van der Waals surface area (Å²) in [6.45, 7) is 1.67. The maximum atomic E-state index is 4.92. The van der Waals surface area contributed by atoms with Crippen molar-refractivity contribution in [2.24, 2.45) is 5.10 Å². The fourth-order valence-electron chi connectivity index (χ4n) is 6.45. The largest absolute Gasteiger partial charge is 0.361 e. The van der Waals surface area contributed by atoms with E-state index in [1.54, 1.807) is 0 Å². The summed E-state index contributed by atoms with van der Waals surface area (Å²) in [5, 5.41) is 8.01. The van der Waals surface area contributed by atoms with E-state index in [0.717, 1.165) is 38.0 Å². The first kappa shape index (κ1) is 28.0. The molecule has 0 radical (unpaired) electrons. The molecule has 1 aliphatic rings. The third-order valence-electron chi connectivity index (χ3n) is 8.64. The van der Waals surface area contributed by atoms with Crippen LogP contribution in [0.2, 0.25) is 0 Å². The van der Waals surface area contributed by atoms with Gasteiger partial charge in [-0.15, -0.1) is 12.6 Å². The van der Waals surface area contributed by atoms with Gasteiger partial charge < -0.3 is 14.5 Å². The van der Waals surface area contributed by atoms with Gasteiger partial charge in [-0.3, -0.25) is 5.01 Å². The van der Waals surface area contributed by atoms with Crippen molar-refractivity contribution in [3.05, 3.63) is 162 Å². The lowest BCUT2D eigenvalue weighted by Crippen LogP contribution is -2.37. The van der Waals surface area contributed by atoms with Crippen LogP contribution in [0.3, 0.4) is 0 Å². The number of nitrogens with zero attached hydrogens (tertiary/aromatic N) is 5. The lowest BCUT2D eigenvalue weighted by Gasteiger charge is -2.37. The Labute approximate surface area is 264 Å². The molecule has 0 amide bonds. The number of benzene rings is 4. The Morgan fingerprint density at radius 2 is 1.34 bits per heavy atom. The molecule has 4 aromatic carbocycles. The van der Waals surface area contributed by atoms with Gasteiger partial charge in [0.2, 0.25) is 0 Å². The standard InChI is InChI=1S/C37H36N6S/c44-36-41(28-40-43(36)24-22-29-25-38-35-21-11-10-20-34(29)35)23-12-19-33-26-42(27-39-33)37(30-13-4-1-5-14-30,31-15-6-2-7-16-31)32-17-8-3-9-18-32/h1-11,13-18,20-21,25-28,36,38,44H,12,19,22-24H2. The number of aromatic amines is 1. The molecule has 0 saturated carbocycles. The number of hydrazone groups is 1. The van der Waals surface area contributed by atoms with Crippen LogP contribution in [-0.4, -0.2) is 49.4 Å². The number of fused-ring (bicyclic) bond motifs is 1. The molecule has 1 unspecified atom stereocenters. The molecule has 7 rings (SSSR count). The zero-order chi connectivity index (χ0) is 29.8. The number of H-pyrrole nitrogens is 1. The third-order valence-corrected chi connectivity index (χ3v) is 9.21. The summed E-state index contributed by atoms with van der Waals surface area (Å²) in [6.07, 6.45) is 11.0. The molecule has 1 aliphatic heterocycles. The number of imidazole rings is 1. The van der Waals surface area contributed by atoms with E-state index in [1.807, 2.05) is 12.7 Å². The van der Waals surface area contributed by atoms with E-state index in [9.17, 15) is 0 Å². The normalized spacial score (nSPS) is 15.0. The van der Waals surface area contributed by atoms with Crippen molar-refractivity contribution in [2.45, 2.75) is 30.3 Å². The van der Waals surface area contributed by atoms with Crippen LogP contribution in [0.15, 0.2) is 139 Å². The summed E-state index contributed by atoms with van der Waals surface area (Å²) in [5.41, 5.74) is 6.52. The molecule has 0 spiro atoms. The van der Waals surface area contributed by atoms with Crippen molar-refractivity contribution in [1.82, 2.24) is 24.4 Å². The van der Waals surface area contributed by atoms with E-state index in [1.165, 1.54) is 33.2 Å². The minimum Gasteiger partial charge on any atom is -0.361 e. The van der Waals surface area contributed by atoms with Crippen LogP contribution in [0.25, 0.3) is 10.9 Å². The van der Waals surface area contributed by atoms with Gasteiger partial charge in [0.15, 0.2) is 5.50 Å². The Hall–Kier alpha value is -4.75. The first-order chi connectivity index (χ1) is 21.7. The Morgan fingerprint density at radius 1 is 0.727 bits per heavy atom. The van der Waals surface area contributed by atoms with Crippen LogP contribution in [0.1, 0.15) is 34.4 Å². The summed E-state index contributed by atoms with van der Waals surface area (Å²) >= 11 is 4.91. The fourth-order valence-corrected chi connectivity index (χ4v) is 6.80. The van der Waals surface area contributed by atoms with Gasteiger partial charge in [0.25, 0.3) is 0 Å². The van der Waals surface area contributed by atoms with E-state index in [2.05, 4.69) is 152 Å². The predicted octanol–water partition coefficient (Wildman–Crippen LogP) is 7.15. The Kier molecular flexibility index (Phi) is 7.95. The maximum Gasteiger partial charge on any atom is 0.164 e. The second-order valence-electron chi connectivity index (χ2n) is 11.3. The molecule has 3 heterocycles. The van der Waals surface area contributed by atoms with Gasteiger partial charge in [0.05, 0.1) is 12.0 Å². The predicted molar refractivity (Wildman–Crippen MR) is 182 cm³/mol. The first-order valence-electron chi connectivity index (χ1n) is 15.2. The van der Waals surface area contributed by atoms with Gasteiger partial charge in [0, 0.05) is 36.4 Å². The van der Waals surface area contributed by atoms with Crippen molar-refractivity contribution < 1.29 is 0 Å². The number of thiol groups is 1. The summed E-state index contributed by atoms with van der Waals surface area (Å²) in [4.78, 5) is 10.5. The monoisotopic (exact) mass is 596 g/mol. The molecule has 1 N–H and O–H groups in total. The SMILES string of the molecule is SC1N(CCCc2cn(C(c3ccccc3)(c3ccccc3)c3ccccc3)cn2)C=NN1CCc1c[nH]c2ccccc12. The number of aromatic nitrogens is 3. The van der Waals surface area contributed by atoms with Gasteiger partial charge in [0.1, 0.15) is 11.9 Å². The molecule has 6 nitrogen and oxygen atoms in total. The van der Waals surface area contributed by atoms with Crippen molar-refractivity contribution in [2.75, 3.05) is 13.1 Å². The van der Waals surface area contributed by atoms with E-state index in [0.29, 0.717) is 0 Å². The summed E-state index contributed by atoms with van der Waals surface area (Å²) in [7, 11) is 0. The van der Waals surface area contributed by atoms with Crippen LogP contribution in [0.5, 0.6) is 0 Å². The summed E-state index contributed by atoms with van der Waals surface area (Å²) in [6, 6.07) is 40.6. The highest BCUT2D eigenvalue weighted by Gasteiger charge is 2.38. The number of nitrogens with one attached hydrogen (secondary N) is 1. The van der Waals surface area contributed by atoms with E-state index < -0.39 is 5.54 Å². The third kappa shape index (κ3) is 5.28. The van der Waals surface area contributed by atoms with Crippen LogP contribution in [-0.2, 0) is 18.4 Å². The first-order valence-corrected chi connectivity index (χ1v) is 15.7. The van der Waals surface area contributed by atoms with Crippen molar-refractivity contribution in [3.63, 3.8) is 0 Å². The Morgan fingerprint density at radius 3 is 2.00 bits per heavy atom. The Bertz CT molecular complexity index is 1730. The summed E-state index contributed by atoms with van der Waals surface area (Å²) in [5.74, 6) is 0. The second kappa shape index (κ2) is 12.5. The topological polar surface area (TPSA) is 52.5 Å². The highest BCUT2D eigenvalue weighted by Crippen LogP contribution is 2.40. The van der Waals surface area contributed by atoms with Gasteiger partial charge >= 0.3 is 0 Å². The van der Waals surface area contributed by atoms with Gasteiger partial charge in [-0.05, 0) is 47.6 Å². The van der Waals surface area contributed by atoms with E-state index >= 15 is 0 Å². The number of hydrogen-bond acceptors (Lipinski definition) is 5. The highest BCUT2D eigenvalue weighted by atomic mass is 32.1. The lowest BCUT2D eigenvalue weighted by atomic mass is 9.77. The fraction of sp³-hybridized carbons (Fsp3) is 0.189. The molecular weight excluding hydrogens is 561 g/mol. The molecule has 1 atom stereocenters. The molecule has 220 valence electrons. The Balaban J connectivity index is 1.05. The van der Waals surface area contributed by atoms with Crippen molar-refractivity contribution in [3.8, 4) is 0 Å². The zero-order valence-electron chi connectivity index (χ0n) is 24.6. The highest BCUT2D eigenvalue weighted by molar-refractivity contribution is 7.80. The van der Waals surface area contributed by atoms with E-state index in [-0.39, 0.29) is 5.50 Å². The quantitative estimate of drug-likeness (QED) is 0.123. The zero-order valence-corrected chi connectivity index (χ0v) is 25.5. The van der Waals surface area contributed by atoms with Crippen LogP contribution < -0.4 is 0 Å². The van der Waals surface area contributed by atoms with Crippen molar-refractivity contribution in [1.29, 1.82) is 0 Å². The molecule has 6 aromatic rings. The molecule has 0 fully saturated rings. The molecule has 0 aliphatic carbocycles. The molecule has 2 aromatic heterocycles. The minimum atomic E-state index is -0.544. The van der Waals surface area contributed by atoms with E-state index in [4.69, 9.17) is 17.6 Å². The van der Waals surface area contributed by atoms with Crippen molar-refractivity contribution >= 4 is 29.9 Å². The molecule has 44 heavy (non-hydrogen) atoms.